The number of esters is 1. The highest BCUT2D eigenvalue weighted by atomic mass is 35.6. The quantitative estimate of drug-likeness (QED) is 0.186. The molecule has 2 aliphatic rings. The van der Waals surface area contributed by atoms with Crippen LogP contribution in [0.5, 0.6) is 0 Å². The van der Waals surface area contributed by atoms with Crippen molar-refractivity contribution < 1.29 is 19.1 Å². The van der Waals surface area contributed by atoms with Gasteiger partial charge in [0.25, 0.3) is 0 Å². The number of carbonyl (C=O) groups excluding carboxylic acids is 3. The summed E-state index contributed by atoms with van der Waals surface area (Å²) < 4.78 is 5.32. The minimum Gasteiger partial charge on any atom is -0.460 e. The molecule has 1 N–H and O–H groups in total. The number of nitrogens with zero attached hydrogens (tertiary/aromatic N) is 9. The normalized spacial score (nSPS) is 26.2. The van der Waals surface area contributed by atoms with Gasteiger partial charge < -0.3 is 15.0 Å². The molecule has 19 heteroatoms. The van der Waals surface area contributed by atoms with E-state index in [1.165, 1.54) is 44.1 Å². The summed E-state index contributed by atoms with van der Waals surface area (Å²) in [5.74, 6) is -1.24. The standard InChI is InChI=1S/C15H17Cl3N10O4S2/c1-14(5-33-13-21-23-24-26(13)2)9(12(31)32-4-15(16,17)18)28-10(30)8(11(28)34-14)20-7(29)3-27-6-19-22-25-27/h6,8-9,11H,3-5H2,1-2H3,(H,20,29). The van der Waals surface area contributed by atoms with E-state index in [-0.39, 0.29) is 6.54 Å². The second-order valence-electron chi connectivity index (χ2n) is 7.62. The van der Waals surface area contributed by atoms with Crippen LogP contribution in [0.1, 0.15) is 6.92 Å². The second kappa shape index (κ2) is 9.64. The molecule has 4 unspecified atom stereocenters. The summed E-state index contributed by atoms with van der Waals surface area (Å²) in [5.41, 5.74) is 0. The number of fused-ring (bicyclic) bond motifs is 1. The van der Waals surface area contributed by atoms with Gasteiger partial charge in [-0.25, -0.2) is 14.2 Å². The summed E-state index contributed by atoms with van der Waals surface area (Å²) in [6.07, 6.45) is 1.28. The second-order valence-corrected chi connectivity index (χ2v) is 12.7. The highest BCUT2D eigenvalue weighted by molar-refractivity contribution is 8.04. The Balaban J connectivity index is 1.50. The summed E-state index contributed by atoms with van der Waals surface area (Å²) in [6, 6.07) is -1.82. The molecular weight excluding hydrogens is 555 g/mol. The zero-order chi connectivity index (χ0) is 24.7. The van der Waals surface area contributed by atoms with Gasteiger partial charge in [-0.1, -0.05) is 46.6 Å². The first-order valence-electron chi connectivity index (χ1n) is 9.57. The van der Waals surface area contributed by atoms with E-state index >= 15 is 0 Å². The lowest BCUT2D eigenvalue weighted by molar-refractivity contribution is -0.164. The van der Waals surface area contributed by atoms with Gasteiger partial charge in [0.15, 0.2) is 0 Å². The molecule has 14 nitrogen and oxygen atoms in total. The number of thioether (sulfide) groups is 2. The molecule has 0 aromatic carbocycles. The van der Waals surface area contributed by atoms with E-state index in [0.29, 0.717) is 10.9 Å². The van der Waals surface area contributed by atoms with Crippen LogP contribution < -0.4 is 5.32 Å². The summed E-state index contributed by atoms with van der Waals surface area (Å²) in [6.45, 7) is 1.18. The lowest BCUT2D eigenvalue weighted by atomic mass is 9.95. The Hall–Kier alpha value is -1.88. The molecular formula is C15H17Cl3N10O4S2. The van der Waals surface area contributed by atoms with Gasteiger partial charge in [-0.05, 0) is 27.8 Å². The van der Waals surface area contributed by atoms with Crippen molar-refractivity contribution in [2.24, 2.45) is 7.05 Å². The molecule has 184 valence electrons. The fourth-order valence-corrected chi connectivity index (χ4v) is 6.58. The minimum atomic E-state index is -1.80. The molecule has 2 aromatic rings. The molecule has 2 saturated heterocycles. The number of halogens is 3. The van der Waals surface area contributed by atoms with E-state index in [1.807, 2.05) is 6.92 Å². The fourth-order valence-electron chi connectivity index (χ4n) is 3.53. The number of tetrazole rings is 2. The maximum absolute atomic E-state index is 13.0. The Kier molecular flexibility index (Phi) is 7.15. The van der Waals surface area contributed by atoms with Crippen LogP contribution in [0, 0.1) is 0 Å². The summed E-state index contributed by atoms with van der Waals surface area (Å²) in [7, 11) is 1.69. The molecule has 34 heavy (non-hydrogen) atoms. The van der Waals surface area contributed by atoms with Crippen LogP contribution in [-0.4, -0.2) is 101 Å². The number of hydrogen-bond acceptors (Lipinski definition) is 12. The fraction of sp³-hybridized carbons (Fsp3) is 0.667. The first kappa shape index (κ1) is 25.2. The Bertz CT molecular complexity index is 1080. The van der Waals surface area contributed by atoms with E-state index in [9.17, 15) is 14.4 Å². The molecule has 0 radical (unpaired) electrons. The van der Waals surface area contributed by atoms with Gasteiger partial charge in [-0.15, -0.1) is 22.0 Å². The first-order chi connectivity index (χ1) is 16.0. The molecule has 4 atom stereocenters. The molecule has 2 amide bonds. The third-order valence-electron chi connectivity index (χ3n) is 5.01. The zero-order valence-electron chi connectivity index (χ0n) is 17.5. The van der Waals surface area contributed by atoms with Crippen LogP contribution in [0.2, 0.25) is 0 Å². The van der Waals surface area contributed by atoms with Gasteiger partial charge in [0.1, 0.15) is 36.9 Å². The van der Waals surface area contributed by atoms with Gasteiger partial charge >= 0.3 is 5.97 Å². The summed E-state index contributed by atoms with van der Waals surface area (Å²) in [4.78, 5) is 39.8. The molecule has 4 heterocycles. The van der Waals surface area contributed by atoms with Gasteiger partial charge in [0.2, 0.25) is 20.8 Å². The number of rotatable bonds is 8. The Morgan fingerprint density at radius 2 is 2.09 bits per heavy atom. The molecule has 2 fully saturated rings. The maximum atomic E-state index is 13.0. The molecule has 0 saturated carbocycles. The number of hydrogen-bond donors (Lipinski definition) is 1. The van der Waals surface area contributed by atoms with Crippen molar-refractivity contribution in [3.63, 3.8) is 0 Å². The number of alkyl halides is 3. The van der Waals surface area contributed by atoms with Crippen molar-refractivity contribution >= 4 is 76.1 Å². The number of carbonyl (C=O) groups is 3. The molecule has 2 aliphatic heterocycles. The van der Waals surface area contributed by atoms with Crippen LogP contribution in [0.4, 0.5) is 0 Å². The van der Waals surface area contributed by atoms with Crippen LogP contribution >= 0.6 is 58.3 Å². The van der Waals surface area contributed by atoms with Crippen molar-refractivity contribution in [2.45, 2.75) is 44.6 Å². The molecule has 0 spiro atoms. The van der Waals surface area contributed by atoms with Gasteiger partial charge in [-0.2, -0.15) is 0 Å². The van der Waals surface area contributed by atoms with Gasteiger partial charge in [0, 0.05) is 12.8 Å². The van der Waals surface area contributed by atoms with Crippen molar-refractivity contribution in [3.05, 3.63) is 6.33 Å². The lowest BCUT2D eigenvalue weighted by Crippen LogP contribution is -2.71. The number of nitrogens with one attached hydrogen (secondary N) is 1. The first-order valence-corrected chi connectivity index (χ1v) is 12.6. The van der Waals surface area contributed by atoms with Gasteiger partial charge in [0.05, 0.1) is 4.75 Å². The van der Waals surface area contributed by atoms with Crippen molar-refractivity contribution in [1.29, 1.82) is 0 Å². The van der Waals surface area contributed by atoms with E-state index < -0.39 is 50.4 Å². The molecule has 2 aromatic heterocycles. The maximum Gasteiger partial charge on any atom is 0.330 e. The van der Waals surface area contributed by atoms with Crippen molar-refractivity contribution in [1.82, 2.24) is 50.6 Å². The Morgan fingerprint density at radius 3 is 2.71 bits per heavy atom. The molecule has 0 aliphatic carbocycles. The molecule has 4 rings (SSSR count). The summed E-state index contributed by atoms with van der Waals surface area (Å²) in [5, 5.41) is 24.6. The zero-order valence-corrected chi connectivity index (χ0v) is 21.4. The van der Waals surface area contributed by atoms with Crippen LogP contribution in [0.15, 0.2) is 11.5 Å². The monoisotopic (exact) mass is 570 g/mol. The number of aryl methyl sites for hydroxylation is 1. The number of β-lactam (4-membered cyclic amide) rings is 1. The summed E-state index contributed by atoms with van der Waals surface area (Å²) >= 11 is 19.9. The minimum absolute atomic E-state index is 0.158. The highest BCUT2D eigenvalue weighted by Crippen LogP contribution is 2.53. The van der Waals surface area contributed by atoms with Crippen LogP contribution in [0.25, 0.3) is 0 Å². The van der Waals surface area contributed by atoms with E-state index in [4.69, 9.17) is 39.5 Å². The third kappa shape index (κ3) is 5.19. The van der Waals surface area contributed by atoms with Crippen molar-refractivity contribution in [2.75, 3.05) is 12.4 Å². The Morgan fingerprint density at radius 1 is 1.32 bits per heavy atom. The SMILES string of the molecule is Cn1nnnc1SCC1(C)SC2C(NC(=O)Cn3cnnn3)C(=O)N2C1C(=O)OCC(Cl)(Cl)Cl. The predicted molar refractivity (Wildman–Crippen MR) is 121 cm³/mol. The van der Waals surface area contributed by atoms with Crippen molar-refractivity contribution in [3.8, 4) is 0 Å². The topological polar surface area (TPSA) is 163 Å². The number of amides is 2. The predicted octanol–water partition coefficient (Wildman–Crippen LogP) is -0.570. The third-order valence-corrected chi connectivity index (χ3v) is 8.52. The molecule has 0 bridgehead atoms. The number of ether oxygens (including phenoxy) is 1. The van der Waals surface area contributed by atoms with E-state index in [0.717, 1.165) is 0 Å². The largest absolute Gasteiger partial charge is 0.460 e. The highest BCUT2D eigenvalue weighted by Gasteiger charge is 2.66. The average Bonchev–Trinajstić information content (AvgIpc) is 3.47. The number of aromatic nitrogens is 8. The van der Waals surface area contributed by atoms with E-state index in [1.54, 1.807) is 7.05 Å². The van der Waals surface area contributed by atoms with E-state index in [2.05, 4.69) is 36.4 Å². The van der Waals surface area contributed by atoms with Gasteiger partial charge in [-0.3, -0.25) is 9.59 Å². The van der Waals surface area contributed by atoms with Crippen LogP contribution in [0.3, 0.4) is 0 Å². The lowest BCUT2D eigenvalue weighted by Gasteiger charge is -2.44. The smallest absolute Gasteiger partial charge is 0.330 e. The Labute approximate surface area is 215 Å². The average molecular weight is 572 g/mol. The van der Waals surface area contributed by atoms with Crippen LogP contribution in [-0.2, 0) is 32.7 Å².